The molecule has 1 heteroatoms. The Morgan fingerprint density at radius 2 is 0.714 bits per heavy atom. The average Bonchev–Trinajstić information content (AvgIpc) is 2.67. The smallest absolute Gasteiger partial charge is 0.104 e. The van der Waals surface area contributed by atoms with Gasteiger partial charge in [0.1, 0.15) is 4.87 Å². The summed E-state index contributed by atoms with van der Waals surface area (Å²) in [6, 6.07) is 27.9. The summed E-state index contributed by atoms with van der Waals surface area (Å²) in [6.45, 7) is 13.4. The molecule has 0 nitrogen and oxygen atoms in total. The van der Waals surface area contributed by atoms with Gasteiger partial charge in [0.15, 0.2) is 0 Å². The van der Waals surface area contributed by atoms with Crippen LogP contribution in [-0.4, -0.2) is 0 Å². The van der Waals surface area contributed by atoms with Crippen LogP contribution < -0.4 is 0 Å². The Balaban J connectivity index is 2.14. The largest absolute Gasteiger partial charge is 0.119 e. The van der Waals surface area contributed by atoms with Gasteiger partial charge in [0.2, 0.25) is 0 Å². The molecule has 0 amide bonds. The van der Waals surface area contributed by atoms with E-state index in [-0.39, 0.29) is 10.8 Å². The molecule has 0 aromatic heterocycles. The standard InChI is InChI=1S/C27H31Cl/c1-25(2,3)20-12-16-23(17-13-20)27(28,22-10-8-7-9-11-22)24-18-14-21(15-19-24)26(4,5)6/h7-19H,1-6H3. The topological polar surface area (TPSA) is 0 Å². The molecule has 0 aliphatic carbocycles. The molecule has 146 valence electrons. The Labute approximate surface area is 175 Å². The summed E-state index contributed by atoms with van der Waals surface area (Å²) in [5, 5.41) is 0. The summed E-state index contributed by atoms with van der Waals surface area (Å²) in [5.41, 5.74) is 6.14. The van der Waals surface area contributed by atoms with Crippen LogP contribution in [0.25, 0.3) is 0 Å². The maximum atomic E-state index is 7.45. The molecule has 0 N–H and O–H groups in total. The summed E-state index contributed by atoms with van der Waals surface area (Å²) in [5.74, 6) is 0. The van der Waals surface area contributed by atoms with Gasteiger partial charge in [-0.2, -0.15) is 0 Å². The lowest BCUT2D eigenvalue weighted by Gasteiger charge is -2.31. The van der Waals surface area contributed by atoms with Crippen molar-refractivity contribution in [2.45, 2.75) is 57.2 Å². The SMILES string of the molecule is CC(C)(C)c1ccc(C(Cl)(c2ccccc2)c2ccc(C(C)(C)C)cc2)cc1. The summed E-state index contributed by atoms with van der Waals surface area (Å²) < 4.78 is 0. The number of halogens is 1. The molecule has 3 aromatic rings. The summed E-state index contributed by atoms with van der Waals surface area (Å²) in [6.07, 6.45) is 0. The predicted octanol–water partition coefficient (Wildman–Crippen LogP) is 7.81. The van der Waals surface area contributed by atoms with E-state index in [0.29, 0.717) is 0 Å². The third-order valence-corrected chi connectivity index (χ3v) is 6.12. The molecular formula is C27H31Cl. The van der Waals surface area contributed by atoms with E-state index in [2.05, 4.69) is 114 Å². The molecule has 0 bridgehead atoms. The Kier molecular flexibility index (Phi) is 5.47. The summed E-state index contributed by atoms with van der Waals surface area (Å²) in [4.78, 5) is -0.714. The molecule has 28 heavy (non-hydrogen) atoms. The van der Waals surface area contributed by atoms with Crippen LogP contribution in [0, 0.1) is 0 Å². The molecule has 0 spiro atoms. The van der Waals surface area contributed by atoms with Gasteiger partial charge in [-0.05, 0) is 38.6 Å². The molecule has 0 saturated carbocycles. The quantitative estimate of drug-likeness (QED) is 0.316. The zero-order valence-corrected chi connectivity index (χ0v) is 18.6. The monoisotopic (exact) mass is 390 g/mol. The van der Waals surface area contributed by atoms with Crippen LogP contribution in [0.4, 0.5) is 0 Å². The Morgan fingerprint density at radius 1 is 0.429 bits per heavy atom. The fourth-order valence-electron chi connectivity index (χ4n) is 3.57. The minimum atomic E-state index is -0.714. The molecule has 0 fully saturated rings. The van der Waals surface area contributed by atoms with Crippen molar-refractivity contribution in [1.82, 2.24) is 0 Å². The van der Waals surface area contributed by atoms with Gasteiger partial charge in [0, 0.05) is 0 Å². The molecule has 3 aromatic carbocycles. The van der Waals surface area contributed by atoms with E-state index in [1.165, 1.54) is 11.1 Å². The fourth-order valence-corrected chi connectivity index (χ4v) is 3.95. The van der Waals surface area contributed by atoms with Crippen LogP contribution in [0.1, 0.15) is 69.4 Å². The minimum Gasteiger partial charge on any atom is -0.104 e. The van der Waals surface area contributed by atoms with Crippen molar-refractivity contribution in [2.24, 2.45) is 0 Å². The van der Waals surface area contributed by atoms with Crippen LogP contribution in [0.2, 0.25) is 0 Å². The molecule has 0 radical (unpaired) electrons. The lowest BCUT2D eigenvalue weighted by Crippen LogP contribution is -2.23. The highest BCUT2D eigenvalue weighted by molar-refractivity contribution is 6.28. The van der Waals surface area contributed by atoms with Gasteiger partial charge >= 0.3 is 0 Å². The van der Waals surface area contributed by atoms with Gasteiger partial charge in [-0.25, -0.2) is 0 Å². The van der Waals surface area contributed by atoms with Crippen molar-refractivity contribution < 1.29 is 0 Å². The first-order valence-electron chi connectivity index (χ1n) is 9.99. The van der Waals surface area contributed by atoms with E-state index in [0.717, 1.165) is 16.7 Å². The van der Waals surface area contributed by atoms with Crippen LogP contribution in [0.5, 0.6) is 0 Å². The second-order valence-corrected chi connectivity index (χ2v) is 10.2. The number of rotatable bonds is 3. The van der Waals surface area contributed by atoms with Gasteiger partial charge < -0.3 is 0 Å². The first-order valence-corrected chi connectivity index (χ1v) is 10.4. The first kappa shape index (κ1) is 20.7. The normalized spacial score (nSPS) is 12.8. The van der Waals surface area contributed by atoms with Crippen LogP contribution in [-0.2, 0) is 15.7 Å². The minimum absolute atomic E-state index is 0.120. The third-order valence-electron chi connectivity index (χ3n) is 5.47. The molecular weight excluding hydrogens is 360 g/mol. The first-order chi connectivity index (χ1) is 13.0. The Bertz CT molecular complexity index is 848. The van der Waals surface area contributed by atoms with Gasteiger partial charge in [-0.1, -0.05) is 120 Å². The van der Waals surface area contributed by atoms with Crippen molar-refractivity contribution in [3.8, 4) is 0 Å². The molecule has 0 aliphatic heterocycles. The van der Waals surface area contributed by atoms with Gasteiger partial charge in [0.05, 0.1) is 0 Å². The highest BCUT2D eigenvalue weighted by Gasteiger charge is 2.34. The second-order valence-electron chi connectivity index (χ2n) is 9.68. The van der Waals surface area contributed by atoms with Crippen LogP contribution >= 0.6 is 11.6 Å². The Hall–Kier alpha value is -2.05. The second kappa shape index (κ2) is 7.41. The van der Waals surface area contributed by atoms with E-state index in [1.807, 2.05) is 6.07 Å². The van der Waals surface area contributed by atoms with Crippen LogP contribution in [0.15, 0.2) is 78.9 Å². The molecule has 0 heterocycles. The average molecular weight is 391 g/mol. The molecule has 0 aliphatic rings. The van der Waals surface area contributed by atoms with E-state index < -0.39 is 4.87 Å². The maximum Gasteiger partial charge on any atom is 0.119 e. The molecule has 0 saturated heterocycles. The highest BCUT2D eigenvalue weighted by atomic mass is 35.5. The van der Waals surface area contributed by atoms with Crippen LogP contribution in [0.3, 0.4) is 0 Å². The number of benzene rings is 3. The highest BCUT2D eigenvalue weighted by Crippen LogP contribution is 2.44. The zero-order valence-electron chi connectivity index (χ0n) is 17.9. The lowest BCUT2D eigenvalue weighted by atomic mass is 9.80. The van der Waals surface area contributed by atoms with Crippen molar-refractivity contribution >= 4 is 11.6 Å². The van der Waals surface area contributed by atoms with E-state index in [4.69, 9.17) is 11.6 Å². The van der Waals surface area contributed by atoms with Gasteiger partial charge in [0.25, 0.3) is 0 Å². The summed E-state index contributed by atoms with van der Waals surface area (Å²) >= 11 is 7.45. The van der Waals surface area contributed by atoms with Gasteiger partial charge in [-0.15, -0.1) is 11.6 Å². The van der Waals surface area contributed by atoms with E-state index in [9.17, 15) is 0 Å². The maximum absolute atomic E-state index is 7.45. The molecule has 0 atom stereocenters. The molecule has 0 unspecified atom stereocenters. The third kappa shape index (κ3) is 4.03. The molecule has 3 rings (SSSR count). The van der Waals surface area contributed by atoms with Crippen molar-refractivity contribution in [2.75, 3.05) is 0 Å². The zero-order chi connectivity index (χ0) is 20.6. The van der Waals surface area contributed by atoms with Gasteiger partial charge in [-0.3, -0.25) is 0 Å². The predicted molar refractivity (Wildman–Crippen MR) is 122 cm³/mol. The number of hydrogen-bond acceptors (Lipinski definition) is 0. The lowest BCUT2D eigenvalue weighted by molar-refractivity contribution is 0.589. The fraction of sp³-hybridized carbons (Fsp3) is 0.333. The number of hydrogen-bond donors (Lipinski definition) is 0. The Morgan fingerprint density at radius 3 is 1.04 bits per heavy atom. The van der Waals surface area contributed by atoms with Crippen molar-refractivity contribution in [1.29, 1.82) is 0 Å². The van der Waals surface area contributed by atoms with Crippen molar-refractivity contribution in [3.63, 3.8) is 0 Å². The van der Waals surface area contributed by atoms with Crippen molar-refractivity contribution in [3.05, 3.63) is 107 Å². The summed E-state index contributed by atoms with van der Waals surface area (Å²) in [7, 11) is 0. The van der Waals surface area contributed by atoms with E-state index >= 15 is 0 Å². The van der Waals surface area contributed by atoms with E-state index in [1.54, 1.807) is 0 Å². The number of alkyl halides is 1.